The van der Waals surface area contributed by atoms with Gasteiger partial charge in [-0.05, 0) is 24.6 Å². The van der Waals surface area contributed by atoms with Crippen molar-refractivity contribution in [3.8, 4) is 5.75 Å². The maximum absolute atomic E-state index is 12.4. The molecule has 1 unspecified atom stereocenters. The number of hydrogen-bond acceptors (Lipinski definition) is 5. The molecule has 1 aromatic carbocycles. The van der Waals surface area contributed by atoms with Gasteiger partial charge in [0, 0.05) is 7.05 Å². The van der Waals surface area contributed by atoms with Crippen LogP contribution in [0.2, 0.25) is 0 Å². The number of carbonyl (C=O) groups excluding carboxylic acids is 1. The minimum Gasteiger partial charge on any atom is -0.497 e. The summed E-state index contributed by atoms with van der Waals surface area (Å²) >= 11 is 0. The van der Waals surface area contributed by atoms with Crippen molar-refractivity contribution in [2.75, 3.05) is 14.2 Å². The molecular formula is C16H17N3O4. The summed E-state index contributed by atoms with van der Waals surface area (Å²) in [6.45, 7) is 1.89. The van der Waals surface area contributed by atoms with Crippen molar-refractivity contribution < 1.29 is 19.4 Å². The summed E-state index contributed by atoms with van der Waals surface area (Å²) in [7, 11) is 3.25. The van der Waals surface area contributed by atoms with Gasteiger partial charge < -0.3 is 14.7 Å². The maximum Gasteiger partial charge on any atom is 0.356 e. The van der Waals surface area contributed by atoms with Crippen LogP contribution < -0.4 is 4.74 Å². The van der Waals surface area contributed by atoms with Gasteiger partial charge in [-0.25, -0.2) is 14.8 Å². The third-order valence-electron chi connectivity index (χ3n) is 3.59. The van der Waals surface area contributed by atoms with Crippen LogP contribution in [-0.2, 0) is 0 Å². The lowest BCUT2D eigenvalue weighted by Crippen LogP contribution is -2.30. The first kappa shape index (κ1) is 16.4. The molecule has 0 saturated heterocycles. The SMILES string of the molecule is COc1ccc(C(C)N(C)C(=O)c2cnc(C(=O)O)cn2)cc1. The number of nitrogens with zero attached hydrogens (tertiary/aromatic N) is 3. The molecule has 0 spiro atoms. The Hall–Kier alpha value is -2.96. The molecule has 0 aliphatic carbocycles. The third kappa shape index (κ3) is 3.63. The van der Waals surface area contributed by atoms with Gasteiger partial charge in [-0.2, -0.15) is 0 Å². The van der Waals surface area contributed by atoms with Gasteiger partial charge in [0.05, 0.1) is 25.5 Å². The Morgan fingerprint density at radius 2 is 1.70 bits per heavy atom. The van der Waals surface area contributed by atoms with Gasteiger partial charge in [-0.15, -0.1) is 0 Å². The molecule has 120 valence electrons. The topological polar surface area (TPSA) is 92.6 Å². The Bertz CT molecular complexity index is 698. The fraction of sp³-hybridized carbons (Fsp3) is 0.250. The molecule has 7 nitrogen and oxygen atoms in total. The van der Waals surface area contributed by atoms with Crippen molar-refractivity contribution in [3.63, 3.8) is 0 Å². The number of carboxylic acid groups (broad SMARTS) is 1. The second-order valence-electron chi connectivity index (χ2n) is 4.96. The highest BCUT2D eigenvalue weighted by atomic mass is 16.5. The lowest BCUT2D eigenvalue weighted by molar-refractivity contribution is 0.0684. The van der Waals surface area contributed by atoms with Crippen LogP contribution in [-0.4, -0.2) is 46.0 Å². The molecule has 1 N–H and O–H groups in total. The van der Waals surface area contributed by atoms with Crippen LogP contribution in [0.1, 0.15) is 39.5 Å². The molecule has 1 aromatic heterocycles. The molecule has 2 rings (SSSR count). The summed E-state index contributed by atoms with van der Waals surface area (Å²) in [4.78, 5) is 32.3. The highest BCUT2D eigenvalue weighted by Gasteiger charge is 2.20. The van der Waals surface area contributed by atoms with E-state index in [1.165, 1.54) is 11.1 Å². The quantitative estimate of drug-likeness (QED) is 0.907. The van der Waals surface area contributed by atoms with Gasteiger partial charge in [0.2, 0.25) is 0 Å². The van der Waals surface area contributed by atoms with Crippen molar-refractivity contribution in [1.82, 2.24) is 14.9 Å². The summed E-state index contributed by atoms with van der Waals surface area (Å²) in [6.07, 6.45) is 2.24. The van der Waals surface area contributed by atoms with Crippen molar-refractivity contribution in [2.45, 2.75) is 13.0 Å². The first-order valence-electron chi connectivity index (χ1n) is 6.90. The number of ether oxygens (including phenoxy) is 1. The highest BCUT2D eigenvalue weighted by molar-refractivity contribution is 5.92. The van der Waals surface area contributed by atoms with Crippen molar-refractivity contribution in [1.29, 1.82) is 0 Å². The van der Waals surface area contributed by atoms with Gasteiger partial charge in [-0.3, -0.25) is 4.79 Å². The zero-order valence-electron chi connectivity index (χ0n) is 13.1. The largest absolute Gasteiger partial charge is 0.497 e. The molecule has 0 saturated carbocycles. The Balaban J connectivity index is 2.15. The molecule has 0 aliphatic rings. The molecule has 23 heavy (non-hydrogen) atoms. The number of aromatic carboxylic acids is 1. The molecule has 7 heteroatoms. The van der Waals surface area contributed by atoms with Gasteiger partial charge in [0.25, 0.3) is 5.91 Å². The van der Waals surface area contributed by atoms with E-state index in [1.54, 1.807) is 14.2 Å². The van der Waals surface area contributed by atoms with Crippen LogP contribution in [0.3, 0.4) is 0 Å². The normalized spacial score (nSPS) is 11.6. The van der Waals surface area contributed by atoms with Crippen LogP contribution in [0.25, 0.3) is 0 Å². The number of benzene rings is 1. The average molecular weight is 315 g/mol. The molecular weight excluding hydrogens is 298 g/mol. The van der Waals surface area contributed by atoms with Crippen LogP contribution in [0.4, 0.5) is 0 Å². The Kier molecular flexibility index (Phi) is 4.90. The summed E-state index contributed by atoms with van der Waals surface area (Å²) in [6, 6.07) is 7.23. The zero-order chi connectivity index (χ0) is 17.0. The first-order chi connectivity index (χ1) is 10.9. The number of hydrogen-bond donors (Lipinski definition) is 1. The lowest BCUT2D eigenvalue weighted by atomic mass is 10.1. The van der Waals surface area contributed by atoms with Gasteiger partial charge in [0.1, 0.15) is 11.4 Å². The van der Waals surface area contributed by atoms with Crippen molar-refractivity contribution in [3.05, 3.63) is 53.6 Å². The summed E-state index contributed by atoms with van der Waals surface area (Å²) in [5.74, 6) is -0.778. The second kappa shape index (κ2) is 6.87. The summed E-state index contributed by atoms with van der Waals surface area (Å²) < 4.78 is 5.11. The number of rotatable bonds is 5. The van der Waals surface area contributed by atoms with Crippen LogP contribution in [0, 0.1) is 0 Å². The molecule has 1 heterocycles. The number of carbonyl (C=O) groups is 2. The van der Waals surface area contributed by atoms with Gasteiger partial charge >= 0.3 is 5.97 Å². The monoisotopic (exact) mass is 315 g/mol. The Morgan fingerprint density at radius 1 is 1.13 bits per heavy atom. The lowest BCUT2D eigenvalue weighted by Gasteiger charge is -2.25. The molecule has 1 amide bonds. The van der Waals surface area contributed by atoms with E-state index >= 15 is 0 Å². The molecule has 1 atom stereocenters. The minimum atomic E-state index is -1.18. The average Bonchev–Trinajstić information content (AvgIpc) is 2.60. The fourth-order valence-corrected chi connectivity index (χ4v) is 2.01. The Labute approximate surface area is 133 Å². The second-order valence-corrected chi connectivity index (χ2v) is 4.96. The fourth-order valence-electron chi connectivity index (χ4n) is 2.01. The van der Waals surface area contributed by atoms with Crippen LogP contribution in [0.15, 0.2) is 36.7 Å². The van der Waals surface area contributed by atoms with Gasteiger partial charge in [-0.1, -0.05) is 12.1 Å². The number of amides is 1. The van der Waals surface area contributed by atoms with Crippen LogP contribution >= 0.6 is 0 Å². The Morgan fingerprint density at radius 3 is 2.17 bits per heavy atom. The van der Waals surface area contributed by atoms with Crippen LogP contribution in [0.5, 0.6) is 5.75 Å². The molecule has 0 aliphatic heterocycles. The summed E-state index contributed by atoms with van der Waals surface area (Å²) in [5.41, 5.74) is 0.835. The molecule has 0 fully saturated rings. The predicted molar refractivity (Wildman–Crippen MR) is 82.5 cm³/mol. The zero-order valence-corrected chi connectivity index (χ0v) is 13.1. The standard InChI is InChI=1S/C16H17N3O4/c1-10(11-4-6-12(23-3)7-5-11)19(2)15(20)13-8-18-14(9-17-13)16(21)22/h4-10H,1-3H3,(H,21,22). The van der Waals surface area contributed by atoms with E-state index in [0.29, 0.717) is 0 Å². The first-order valence-corrected chi connectivity index (χ1v) is 6.90. The van der Waals surface area contributed by atoms with E-state index in [0.717, 1.165) is 17.5 Å². The highest BCUT2D eigenvalue weighted by Crippen LogP contribution is 2.22. The van der Waals surface area contributed by atoms with E-state index in [2.05, 4.69) is 9.97 Å². The van der Waals surface area contributed by atoms with E-state index in [4.69, 9.17) is 9.84 Å². The van der Waals surface area contributed by atoms with E-state index in [-0.39, 0.29) is 23.3 Å². The maximum atomic E-state index is 12.4. The van der Waals surface area contributed by atoms with Crippen molar-refractivity contribution >= 4 is 11.9 Å². The third-order valence-corrected chi connectivity index (χ3v) is 3.59. The molecule has 2 aromatic rings. The minimum absolute atomic E-state index is 0.0952. The molecule has 0 radical (unpaired) electrons. The predicted octanol–water partition coefficient (Wildman–Crippen LogP) is 2.02. The van der Waals surface area contributed by atoms with E-state index < -0.39 is 5.97 Å². The van der Waals surface area contributed by atoms with Gasteiger partial charge in [0.15, 0.2) is 5.69 Å². The van der Waals surface area contributed by atoms with E-state index in [1.807, 2.05) is 31.2 Å². The number of methoxy groups -OCH3 is 1. The van der Waals surface area contributed by atoms with Crippen molar-refractivity contribution in [2.24, 2.45) is 0 Å². The van der Waals surface area contributed by atoms with E-state index in [9.17, 15) is 9.59 Å². The molecule has 0 bridgehead atoms. The number of aromatic nitrogens is 2. The number of carboxylic acids is 1. The summed E-state index contributed by atoms with van der Waals surface area (Å²) in [5, 5.41) is 8.80. The smallest absolute Gasteiger partial charge is 0.356 e.